The summed E-state index contributed by atoms with van der Waals surface area (Å²) in [5, 5.41) is 9.50. The van der Waals surface area contributed by atoms with Gasteiger partial charge in [0.15, 0.2) is 0 Å². The minimum Gasteiger partial charge on any atom is -0.508 e. The first kappa shape index (κ1) is 13.0. The first-order valence-corrected chi connectivity index (χ1v) is 5.97. The Bertz CT molecular complexity index is 335. The predicted octanol–water partition coefficient (Wildman–Crippen LogP) is 3.24. The van der Waals surface area contributed by atoms with Crippen LogP contribution in [0.25, 0.3) is 0 Å². The third-order valence-corrected chi connectivity index (χ3v) is 3.13. The fourth-order valence-electron chi connectivity index (χ4n) is 2.39. The van der Waals surface area contributed by atoms with Crippen LogP contribution in [0.4, 0.5) is 0 Å². The van der Waals surface area contributed by atoms with Gasteiger partial charge in [0, 0.05) is 6.04 Å². The molecule has 0 heterocycles. The van der Waals surface area contributed by atoms with Crippen LogP contribution in [0.15, 0.2) is 12.1 Å². The average Bonchev–Trinajstić information content (AvgIpc) is 2.12. The SMILES string of the molecule is Cc1cc(O)cc(C)c1C(C)CCC(C)N. The zero-order valence-electron chi connectivity index (χ0n) is 10.7. The zero-order chi connectivity index (χ0) is 12.3. The smallest absolute Gasteiger partial charge is 0.116 e. The number of aromatic hydroxyl groups is 1. The monoisotopic (exact) mass is 221 g/mol. The molecule has 2 heteroatoms. The van der Waals surface area contributed by atoms with Crippen LogP contribution in [0, 0.1) is 13.8 Å². The summed E-state index contributed by atoms with van der Waals surface area (Å²) >= 11 is 0. The number of nitrogens with two attached hydrogens (primary N) is 1. The second kappa shape index (κ2) is 5.35. The Morgan fingerprint density at radius 2 is 1.62 bits per heavy atom. The number of hydrogen-bond donors (Lipinski definition) is 2. The molecule has 0 fully saturated rings. The molecule has 0 radical (unpaired) electrons. The third kappa shape index (κ3) is 3.24. The summed E-state index contributed by atoms with van der Waals surface area (Å²) < 4.78 is 0. The van der Waals surface area contributed by atoms with Gasteiger partial charge in [0.05, 0.1) is 0 Å². The molecule has 0 aliphatic heterocycles. The molecule has 2 unspecified atom stereocenters. The van der Waals surface area contributed by atoms with Crippen molar-refractivity contribution in [3.8, 4) is 5.75 Å². The van der Waals surface area contributed by atoms with Crippen LogP contribution < -0.4 is 5.73 Å². The molecule has 1 aromatic rings. The lowest BCUT2D eigenvalue weighted by atomic mass is 9.88. The van der Waals surface area contributed by atoms with E-state index in [2.05, 4.69) is 20.8 Å². The number of rotatable bonds is 4. The van der Waals surface area contributed by atoms with Gasteiger partial charge >= 0.3 is 0 Å². The van der Waals surface area contributed by atoms with Gasteiger partial charge in [-0.1, -0.05) is 6.92 Å². The quantitative estimate of drug-likeness (QED) is 0.820. The van der Waals surface area contributed by atoms with Crippen molar-refractivity contribution in [2.45, 2.75) is 52.5 Å². The molecule has 3 N–H and O–H groups in total. The van der Waals surface area contributed by atoms with Crippen molar-refractivity contribution in [2.24, 2.45) is 5.73 Å². The highest BCUT2D eigenvalue weighted by molar-refractivity contribution is 5.42. The number of phenolic OH excluding ortho intramolecular Hbond substituents is 1. The Kier molecular flexibility index (Phi) is 4.36. The summed E-state index contributed by atoms with van der Waals surface area (Å²) in [6.45, 7) is 8.40. The molecule has 0 saturated heterocycles. The number of benzene rings is 1. The largest absolute Gasteiger partial charge is 0.508 e. The highest BCUT2D eigenvalue weighted by Crippen LogP contribution is 2.30. The molecule has 0 saturated carbocycles. The van der Waals surface area contributed by atoms with Crippen molar-refractivity contribution in [3.63, 3.8) is 0 Å². The lowest BCUT2D eigenvalue weighted by Gasteiger charge is -2.18. The lowest BCUT2D eigenvalue weighted by molar-refractivity contribution is 0.473. The summed E-state index contributed by atoms with van der Waals surface area (Å²) in [5.74, 6) is 0.866. The average molecular weight is 221 g/mol. The maximum absolute atomic E-state index is 9.50. The number of phenols is 1. The fraction of sp³-hybridized carbons (Fsp3) is 0.571. The normalized spacial score (nSPS) is 14.8. The van der Waals surface area contributed by atoms with Gasteiger partial charge in [-0.25, -0.2) is 0 Å². The molecular weight excluding hydrogens is 198 g/mol. The molecule has 2 atom stereocenters. The van der Waals surface area contributed by atoms with Crippen molar-refractivity contribution in [1.29, 1.82) is 0 Å². The highest BCUT2D eigenvalue weighted by atomic mass is 16.3. The van der Waals surface area contributed by atoms with Gasteiger partial charge < -0.3 is 10.8 Å². The van der Waals surface area contributed by atoms with Crippen LogP contribution in [0.2, 0.25) is 0 Å². The van der Waals surface area contributed by atoms with Crippen molar-refractivity contribution >= 4 is 0 Å². The van der Waals surface area contributed by atoms with Gasteiger partial charge in [-0.2, -0.15) is 0 Å². The zero-order valence-corrected chi connectivity index (χ0v) is 10.7. The van der Waals surface area contributed by atoms with Crippen molar-refractivity contribution in [2.75, 3.05) is 0 Å². The Morgan fingerprint density at radius 3 is 2.06 bits per heavy atom. The van der Waals surface area contributed by atoms with E-state index in [0.29, 0.717) is 11.7 Å². The lowest BCUT2D eigenvalue weighted by Crippen LogP contribution is -2.15. The van der Waals surface area contributed by atoms with Gasteiger partial charge in [0.1, 0.15) is 5.75 Å². The van der Waals surface area contributed by atoms with Gasteiger partial charge in [0.2, 0.25) is 0 Å². The van der Waals surface area contributed by atoms with Crippen LogP contribution in [0.3, 0.4) is 0 Å². The van der Waals surface area contributed by atoms with E-state index in [4.69, 9.17) is 5.73 Å². The number of aryl methyl sites for hydroxylation is 2. The van der Waals surface area contributed by atoms with Crippen LogP contribution in [-0.4, -0.2) is 11.1 Å². The van der Waals surface area contributed by atoms with Gasteiger partial charge in [-0.05, 0) is 68.4 Å². The highest BCUT2D eigenvalue weighted by Gasteiger charge is 2.13. The molecule has 1 rings (SSSR count). The molecule has 16 heavy (non-hydrogen) atoms. The molecule has 0 amide bonds. The summed E-state index contributed by atoms with van der Waals surface area (Å²) in [7, 11) is 0. The molecule has 2 nitrogen and oxygen atoms in total. The topological polar surface area (TPSA) is 46.2 Å². The molecule has 0 aliphatic rings. The second-order valence-electron chi connectivity index (χ2n) is 4.95. The standard InChI is InChI=1S/C14H23NO/c1-9(5-6-12(4)15)14-10(2)7-13(16)8-11(14)3/h7-9,12,16H,5-6,15H2,1-4H3. The van der Waals surface area contributed by atoms with Crippen molar-refractivity contribution < 1.29 is 5.11 Å². The van der Waals surface area contributed by atoms with E-state index in [1.807, 2.05) is 19.1 Å². The van der Waals surface area contributed by atoms with E-state index in [1.165, 1.54) is 16.7 Å². The number of hydrogen-bond acceptors (Lipinski definition) is 2. The van der Waals surface area contributed by atoms with Crippen molar-refractivity contribution in [3.05, 3.63) is 28.8 Å². The Hall–Kier alpha value is -1.02. The first-order valence-electron chi connectivity index (χ1n) is 5.97. The summed E-state index contributed by atoms with van der Waals surface area (Å²) in [6, 6.07) is 3.94. The molecular formula is C14H23NO. The Morgan fingerprint density at radius 1 is 1.12 bits per heavy atom. The van der Waals surface area contributed by atoms with Gasteiger partial charge in [-0.15, -0.1) is 0 Å². The second-order valence-corrected chi connectivity index (χ2v) is 4.95. The summed E-state index contributed by atoms with van der Waals surface area (Å²) in [4.78, 5) is 0. The van der Waals surface area contributed by atoms with Crippen molar-refractivity contribution in [1.82, 2.24) is 0 Å². The minimum atomic E-state index is 0.264. The Labute approximate surface area is 98.5 Å². The van der Waals surface area contributed by atoms with E-state index in [9.17, 15) is 5.11 Å². The van der Waals surface area contributed by atoms with E-state index in [1.54, 1.807) is 0 Å². The van der Waals surface area contributed by atoms with E-state index in [-0.39, 0.29) is 6.04 Å². The molecule has 0 bridgehead atoms. The minimum absolute atomic E-state index is 0.264. The fourth-order valence-corrected chi connectivity index (χ4v) is 2.39. The maximum atomic E-state index is 9.50. The molecule has 0 aliphatic carbocycles. The van der Waals surface area contributed by atoms with Crippen LogP contribution in [0.1, 0.15) is 49.3 Å². The predicted molar refractivity (Wildman–Crippen MR) is 68.9 cm³/mol. The van der Waals surface area contributed by atoms with Gasteiger partial charge in [-0.3, -0.25) is 0 Å². The molecule has 0 aromatic heterocycles. The first-order chi connectivity index (χ1) is 7.41. The molecule has 0 spiro atoms. The molecule has 1 aromatic carbocycles. The van der Waals surface area contributed by atoms with E-state index in [0.717, 1.165) is 12.8 Å². The Balaban J connectivity index is 2.86. The van der Waals surface area contributed by atoms with Crippen LogP contribution >= 0.6 is 0 Å². The van der Waals surface area contributed by atoms with E-state index < -0.39 is 0 Å². The van der Waals surface area contributed by atoms with E-state index >= 15 is 0 Å². The summed E-state index contributed by atoms with van der Waals surface area (Å²) in [5.41, 5.74) is 9.49. The molecule has 90 valence electrons. The van der Waals surface area contributed by atoms with Gasteiger partial charge in [0.25, 0.3) is 0 Å². The summed E-state index contributed by atoms with van der Waals surface area (Å²) in [6.07, 6.45) is 2.14. The van der Waals surface area contributed by atoms with Crippen LogP contribution in [0.5, 0.6) is 5.75 Å². The third-order valence-electron chi connectivity index (χ3n) is 3.13. The maximum Gasteiger partial charge on any atom is 0.116 e. The van der Waals surface area contributed by atoms with Crippen LogP contribution in [-0.2, 0) is 0 Å².